The molecule has 82 valence electrons. The van der Waals surface area contributed by atoms with E-state index in [0.29, 0.717) is 0 Å². The number of hydrogen-bond acceptors (Lipinski definition) is 3. The Bertz CT molecular complexity index is 329. The Balaban J connectivity index is 2.25. The summed E-state index contributed by atoms with van der Waals surface area (Å²) in [4.78, 5) is 11.2. The first-order valence-corrected chi connectivity index (χ1v) is 5.66. The van der Waals surface area contributed by atoms with Gasteiger partial charge in [0.05, 0.1) is 0 Å². The summed E-state index contributed by atoms with van der Waals surface area (Å²) >= 11 is 0. The van der Waals surface area contributed by atoms with Gasteiger partial charge in [-0.05, 0) is 45.6 Å². The average Bonchev–Trinajstić information content (AvgIpc) is 2.19. The molecule has 0 aromatic carbocycles. The second kappa shape index (κ2) is 3.80. The van der Waals surface area contributed by atoms with Gasteiger partial charge in [-0.3, -0.25) is 0 Å². The highest BCUT2D eigenvalue weighted by atomic mass is 15.3. The third kappa shape index (κ3) is 2.11. The van der Waals surface area contributed by atoms with Crippen molar-refractivity contribution in [2.24, 2.45) is 0 Å². The number of rotatable bonds is 1. The highest BCUT2D eigenvalue weighted by molar-refractivity contribution is 5.34. The Kier molecular flexibility index (Phi) is 2.63. The molecule has 1 aliphatic rings. The summed E-state index contributed by atoms with van der Waals surface area (Å²) in [5.41, 5.74) is 1.32. The van der Waals surface area contributed by atoms with Crippen molar-refractivity contribution in [2.75, 3.05) is 11.4 Å². The second-order valence-electron chi connectivity index (χ2n) is 4.98. The van der Waals surface area contributed by atoms with E-state index in [9.17, 15) is 0 Å². The van der Waals surface area contributed by atoms with Crippen molar-refractivity contribution in [3.05, 3.63) is 18.0 Å². The second-order valence-corrected chi connectivity index (χ2v) is 4.98. The third-order valence-electron chi connectivity index (χ3n) is 3.16. The molecule has 0 unspecified atom stereocenters. The van der Waals surface area contributed by atoms with Gasteiger partial charge in [-0.2, -0.15) is 0 Å². The van der Waals surface area contributed by atoms with Crippen LogP contribution in [0.2, 0.25) is 0 Å². The molecule has 1 saturated heterocycles. The van der Waals surface area contributed by atoms with E-state index in [1.165, 1.54) is 19.3 Å². The molecular weight excluding hydrogens is 186 g/mol. The van der Waals surface area contributed by atoms with Crippen molar-refractivity contribution >= 4 is 5.95 Å². The molecule has 0 bridgehead atoms. The van der Waals surface area contributed by atoms with Crippen LogP contribution in [0.5, 0.6) is 0 Å². The fourth-order valence-electron chi connectivity index (χ4n) is 2.16. The lowest BCUT2D eigenvalue weighted by atomic mass is 9.91. The third-order valence-corrected chi connectivity index (χ3v) is 3.16. The fourth-order valence-corrected chi connectivity index (χ4v) is 2.16. The summed E-state index contributed by atoms with van der Waals surface area (Å²) in [6.45, 7) is 7.64. The van der Waals surface area contributed by atoms with Gasteiger partial charge in [0.1, 0.15) is 0 Å². The number of aromatic nitrogens is 2. The molecule has 1 fully saturated rings. The van der Waals surface area contributed by atoms with Crippen molar-refractivity contribution < 1.29 is 0 Å². The highest BCUT2D eigenvalue weighted by Gasteiger charge is 2.31. The first-order chi connectivity index (χ1) is 7.09. The molecule has 2 heterocycles. The monoisotopic (exact) mass is 205 g/mol. The van der Waals surface area contributed by atoms with Gasteiger partial charge in [0.25, 0.3) is 0 Å². The minimum absolute atomic E-state index is 0.202. The van der Waals surface area contributed by atoms with Crippen molar-refractivity contribution in [1.82, 2.24) is 9.97 Å². The van der Waals surface area contributed by atoms with Gasteiger partial charge >= 0.3 is 0 Å². The standard InChI is InChI=1S/C12H19N3/c1-10-8-13-11(14-9-10)15-7-5-4-6-12(15,2)3/h8-9H,4-7H2,1-3H3. The Morgan fingerprint density at radius 3 is 2.47 bits per heavy atom. The van der Waals surface area contributed by atoms with E-state index in [1.54, 1.807) is 0 Å². The molecule has 0 N–H and O–H groups in total. The topological polar surface area (TPSA) is 29.0 Å². The Morgan fingerprint density at radius 2 is 1.87 bits per heavy atom. The van der Waals surface area contributed by atoms with Crippen LogP contribution in [-0.2, 0) is 0 Å². The van der Waals surface area contributed by atoms with Crippen LogP contribution in [-0.4, -0.2) is 22.1 Å². The van der Waals surface area contributed by atoms with Crippen molar-refractivity contribution in [1.29, 1.82) is 0 Å². The predicted molar refractivity (Wildman–Crippen MR) is 62.0 cm³/mol. The molecule has 0 amide bonds. The number of piperidine rings is 1. The maximum absolute atomic E-state index is 4.41. The summed E-state index contributed by atoms with van der Waals surface area (Å²) in [6.07, 6.45) is 7.58. The van der Waals surface area contributed by atoms with Crippen LogP contribution in [0.3, 0.4) is 0 Å². The highest BCUT2D eigenvalue weighted by Crippen LogP contribution is 2.29. The van der Waals surface area contributed by atoms with E-state index < -0.39 is 0 Å². The van der Waals surface area contributed by atoms with E-state index >= 15 is 0 Å². The molecule has 1 aromatic heterocycles. The van der Waals surface area contributed by atoms with Crippen LogP contribution in [0.1, 0.15) is 38.7 Å². The summed E-state index contributed by atoms with van der Waals surface area (Å²) < 4.78 is 0. The van der Waals surface area contributed by atoms with Gasteiger partial charge in [-0.25, -0.2) is 9.97 Å². The molecule has 0 atom stereocenters. The lowest BCUT2D eigenvalue weighted by Crippen LogP contribution is -2.48. The predicted octanol–water partition coefficient (Wildman–Crippen LogP) is 2.55. The summed E-state index contributed by atoms with van der Waals surface area (Å²) in [6, 6.07) is 0. The van der Waals surface area contributed by atoms with Gasteiger partial charge in [0.2, 0.25) is 5.95 Å². The van der Waals surface area contributed by atoms with E-state index in [2.05, 4.69) is 28.7 Å². The number of hydrogen-bond donors (Lipinski definition) is 0. The van der Waals surface area contributed by atoms with Crippen molar-refractivity contribution in [3.8, 4) is 0 Å². The van der Waals surface area contributed by atoms with Gasteiger partial charge in [0.15, 0.2) is 0 Å². The van der Waals surface area contributed by atoms with Crippen molar-refractivity contribution in [3.63, 3.8) is 0 Å². The molecule has 3 nitrogen and oxygen atoms in total. The number of nitrogens with zero attached hydrogens (tertiary/aromatic N) is 3. The normalized spacial score (nSPS) is 20.3. The zero-order valence-electron chi connectivity index (χ0n) is 9.82. The first-order valence-electron chi connectivity index (χ1n) is 5.66. The zero-order valence-corrected chi connectivity index (χ0v) is 9.82. The Labute approximate surface area is 91.5 Å². The first kappa shape index (κ1) is 10.4. The summed E-state index contributed by atoms with van der Waals surface area (Å²) in [5.74, 6) is 0.880. The fraction of sp³-hybridized carbons (Fsp3) is 0.667. The largest absolute Gasteiger partial charge is 0.336 e. The molecule has 0 aliphatic carbocycles. The van der Waals surface area contributed by atoms with Crippen LogP contribution in [0.25, 0.3) is 0 Å². The van der Waals surface area contributed by atoms with Crippen LogP contribution >= 0.6 is 0 Å². The molecule has 0 spiro atoms. The molecule has 0 saturated carbocycles. The van der Waals surface area contributed by atoms with Crippen LogP contribution in [0, 0.1) is 6.92 Å². The minimum atomic E-state index is 0.202. The van der Waals surface area contributed by atoms with E-state index in [1.807, 2.05) is 19.3 Å². The summed E-state index contributed by atoms with van der Waals surface area (Å²) in [5, 5.41) is 0. The molecule has 3 heteroatoms. The van der Waals surface area contributed by atoms with Gasteiger partial charge in [-0.15, -0.1) is 0 Å². The van der Waals surface area contributed by atoms with Crippen LogP contribution < -0.4 is 4.90 Å². The average molecular weight is 205 g/mol. The number of aryl methyl sites for hydroxylation is 1. The van der Waals surface area contributed by atoms with Crippen molar-refractivity contribution in [2.45, 2.75) is 45.6 Å². The van der Waals surface area contributed by atoms with E-state index in [0.717, 1.165) is 18.1 Å². The molecule has 0 radical (unpaired) electrons. The van der Waals surface area contributed by atoms with E-state index in [4.69, 9.17) is 0 Å². The molecule has 2 rings (SSSR count). The maximum Gasteiger partial charge on any atom is 0.225 e. The lowest BCUT2D eigenvalue weighted by molar-refractivity contribution is 0.356. The Hall–Kier alpha value is -1.12. The molecule has 1 aliphatic heterocycles. The van der Waals surface area contributed by atoms with E-state index in [-0.39, 0.29) is 5.54 Å². The number of anilines is 1. The molecule has 15 heavy (non-hydrogen) atoms. The Morgan fingerprint density at radius 1 is 1.20 bits per heavy atom. The van der Waals surface area contributed by atoms with Gasteiger partial charge in [-0.1, -0.05) is 0 Å². The maximum atomic E-state index is 4.41. The lowest BCUT2D eigenvalue weighted by Gasteiger charge is -2.42. The van der Waals surface area contributed by atoms with Crippen LogP contribution in [0.15, 0.2) is 12.4 Å². The summed E-state index contributed by atoms with van der Waals surface area (Å²) in [7, 11) is 0. The molecule has 1 aromatic rings. The zero-order chi connectivity index (χ0) is 10.9. The van der Waals surface area contributed by atoms with Gasteiger partial charge < -0.3 is 4.90 Å². The smallest absolute Gasteiger partial charge is 0.225 e. The molecular formula is C12H19N3. The van der Waals surface area contributed by atoms with Gasteiger partial charge in [0, 0.05) is 24.5 Å². The quantitative estimate of drug-likeness (QED) is 0.705. The van der Waals surface area contributed by atoms with Crippen LogP contribution in [0.4, 0.5) is 5.95 Å². The minimum Gasteiger partial charge on any atom is -0.336 e. The SMILES string of the molecule is Cc1cnc(N2CCCCC2(C)C)nc1.